The highest BCUT2D eigenvalue weighted by atomic mass is 32.1. The van der Waals surface area contributed by atoms with Gasteiger partial charge < -0.3 is 5.32 Å². The zero-order chi connectivity index (χ0) is 15.7. The molecule has 1 aromatic carbocycles. The molecule has 1 aliphatic rings. The lowest BCUT2D eigenvalue weighted by Gasteiger charge is -2.32. The van der Waals surface area contributed by atoms with Crippen LogP contribution in [0.5, 0.6) is 0 Å². The maximum absolute atomic E-state index is 13.6. The van der Waals surface area contributed by atoms with Crippen LogP contribution in [0.4, 0.5) is 14.5 Å². The Labute approximate surface area is 131 Å². The van der Waals surface area contributed by atoms with E-state index in [1.54, 1.807) is 11.3 Å². The summed E-state index contributed by atoms with van der Waals surface area (Å²) in [7, 11) is 0. The summed E-state index contributed by atoms with van der Waals surface area (Å²) < 4.78 is 27.1. The molecule has 0 spiro atoms. The summed E-state index contributed by atoms with van der Waals surface area (Å²) in [6, 6.07) is 5.72. The number of thiophene rings is 1. The first kappa shape index (κ1) is 15.1. The predicted molar refractivity (Wildman–Crippen MR) is 83.0 cm³/mol. The molecule has 0 fully saturated rings. The molecule has 6 heteroatoms. The van der Waals surface area contributed by atoms with Gasteiger partial charge in [0.2, 0.25) is 5.91 Å². The predicted octanol–water partition coefficient (Wildman–Crippen LogP) is 3.58. The third kappa shape index (κ3) is 2.89. The quantitative estimate of drug-likeness (QED) is 0.937. The molecular formula is C16H16F2N2OS. The van der Waals surface area contributed by atoms with Crippen LogP contribution < -0.4 is 5.32 Å². The zero-order valence-corrected chi connectivity index (χ0v) is 12.9. The van der Waals surface area contributed by atoms with Gasteiger partial charge in [0.15, 0.2) is 0 Å². The van der Waals surface area contributed by atoms with Crippen LogP contribution in [0, 0.1) is 11.6 Å². The average molecular weight is 322 g/mol. The van der Waals surface area contributed by atoms with Crippen LogP contribution >= 0.6 is 11.3 Å². The molecule has 0 saturated heterocycles. The Bertz CT molecular complexity index is 681. The van der Waals surface area contributed by atoms with Crippen molar-refractivity contribution in [3.63, 3.8) is 0 Å². The van der Waals surface area contributed by atoms with Gasteiger partial charge in [-0.2, -0.15) is 0 Å². The number of anilines is 1. The van der Waals surface area contributed by atoms with Crippen LogP contribution in [0.3, 0.4) is 0 Å². The molecule has 3 nitrogen and oxygen atoms in total. The molecule has 0 saturated carbocycles. The normalized spacial score (nSPS) is 18.0. The van der Waals surface area contributed by atoms with Crippen LogP contribution in [0.2, 0.25) is 0 Å². The van der Waals surface area contributed by atoms with Gasteiger partial charge in [0.1, 0.15) is 17.3 Å². The van der Waals surface area contributed by atoms with Gasteiger partial charge in [-0.05, 0) is 42.5 Å². The number of rotatable bonds is 3. The maximum Gasteiger partial charge on any atom is 0.238 e. The van der Waals surface area contributed by atoms with E-state index in [1.807, 2.05) is 11.8 Å². The first-order chi connectivity index (χ1) is 10.6. The van der Waals surface area contributed by atoms with Crippen LogP contribution in [-0.4, -0.2) is 23.9 Å². The van der Waals surface area contributed by atoms with E-state index < -0.39 is 17.5 Å². The van der Waals surface area contributed by atoms with Gasteiger partial charge in [0.25, 0.3) is 0 Å². The molecule has 1 amide bonds. The van der Waals surface area contributed by atoms with Crippen molar-refractivity contribution in [2.24, 2.45) is 0 Å². The number of carbonyl (C=O) groups is 1. The van der Waals surface area contributed by atoms with E-state index in [2.05, 4.69) is 16.8 Å². The lowest BCUT2D eigenvalue weighted by molar-refractivity contribution is -0.118. The van der Waals surface area contributed by atoms with Crippen molar-refractivity contribution >= 4 is 22.9 Å². The van der Waals surface area contributed by atoms with Gasteiger partial charge in [0, 0.05) is 17.5 Å². The smallest absolute Gasteiger partial charge is 0.238 e. The molecule has 0 bridgehead atoms. The minimum Gasteiger partial charge on any atom is -0.320 e. The van der Waals surface area contributed by atoms with E-state index in [0.29, 0.717) is 0 Å². The molecule has 0 radical (unpaired) electrons. The summed E-state index contributed by atoms with van der Waals surface area (Å²) in [4.78, 5) is 15.5. The van der Waals surface area contributed by atoms with Gasteiger partial charge >= 0.3 is 0 Å². The number of amides is 1. The third-order valence-electron chi connectivity index (χ3n) is 3.98. The van der Waals surface area contributed by atoms with E-state index in [-0.39, 0.29) is 18.3 Å². The molecule has 0 aliphatic carbocycles. The number of hydrogen-bond acceptors (Lipinski definition) is 3. The van der Waals surface area contributed by atoms with Gasteiger partial charge in [-0.1, -0.05) is 6.07 Å². The monoisotopic (exact) mass is 322 g/mol. The van der Waals surface area contributed by atoms with E-state index in [4.69, 9.17) is 0 Å². The number of carbonyl (C=O) groups excluding carboxylic acids is 1. The molecule has 1 aliphatic heterocycles. The Hall–Kier alpha value is -1.79. The van der Waals surface area contributed by atoms with Crippen molar-refractivity contribution in [3.05, 3.63) is 51.7 Å². The lowest BCUT2D eigenvalue weighted by Crippen LogP contribution is -2.39. The Morgan fingerprint density at radius 3 is 2.82 bits per heavy atom. The molecular weight excluding hydrogens is 306 g/mol. The first-order valence-corrected chi connectivity index (χ1v) is 7.98. The Balaban J connectivity index is 1.68. The largest absolute Gasteiger partial charge is 0.320 e. The Kier molecular flexibility index (Phi) is 4.22. The molecule has 2 aromatic rings. The van der Waals surface area contributed by atoms with Crippen LogP contribution in [0.15, 0.2) is 29.6 Å². The number of para-hydroxylation sites is 1. The van der Waals surface area contributed by atoms with E-state index in [1.165, 1.54) is 16.5 Å². The summed E-state index contributed by atoms with van der Waals surface area (Å²) in [5.41, 5.74) is 0.856. The van der Waals surface area contributed by atoms with E-state index in [0.717, 1.165) is 25.1 Å². The molecule has 0 unspecified atom stereocenters. The fourth-order valence-corrected chi connectivity index (χ4v) is 3.72. The molecule has 2 heterocycles. The minimum atomic E-state index is -0.764. The molecule has 3 rings (SSSR count). The van der Waals surface area contributed by atoms with Crippen molar-refractivity contribution in [1.29, 1.82) is 0 Å². The second-order valence-corrected chi connectivity index (χ2v) is 6.34. The van der Waals surface area contributed by atoms with E-state index in [9.17, 15) is 13.6 Å². The van der Waals surface area contributed by atoms with Gasteiger partial charge in [-0.25, -0.2) is 8.78 Å². The van der Waals surface area contributed by atoms with Crippen LogP contribution in [0.25, 0.3) is 0 Å². The van der Waals surface area contributed by atoms with Crippen molar-refractivity contribution in [1.82, 2.24) is 4.90 Å². The molecule has 1 aromatic heterocycles. The number of halogens is 2. The molecule has 116 valence electrons. The fourth-order valence-electron chi connectivity index (χ4n) is 2.76. The third-order valence-corrected chi connectivity index (χ3v) is 4.97. The molecule has 1 atom stereocenters. The number of fused-ring (bicyclic) bond motifs is 1. The summed E-state index contributed by atoms with van der Waals surface area (Å²) >= 11 is 1.73. The first-order valence-electron chi connectivity index (χ1n) is 7.10. The fraction of sp³-hybridized carbons (Fsp3) is 0.312. The Morgan fingerprint density at radius 1 is 1.36 bits per heavy atom. The number of nitrogens with zero attached hydrogens (tertiary/aromatic N) is 1. The van der Waals surface area contributed by atoms with Crippen molar-refractivity contribution in [3.8, 4) is 0 Å². The van der Waals surface area contributed by atoms with Crippen molar-refractivity contribution < 1.29 is 13.6 Å². The van der Waals surface area contributed by atoms with Gasteiger partial charge in [0.05, 0.1) is 6.54 Å². The lowest BCUT2D eigenvalue weighted by atomic mass is 10.0. The molecule has 22 heavy (non-hydrogen) atoms. The van der Waals surface area contributed by atoms with E-state index >= 15 is 0 Å². The van der Waals surface area contributed by atoms with Crippen LogP contribution in [-0.2, 0) is 11.2 Å². The molecule has 1 N–H and O–H groups in total. The summed E-state index contributed by atoms with van der Waals surface area (Å²) in [5.74, 6) is -1.94. The minimum absolute atomic E-state index is 0.115. The highest BCUT2D eigenvalue weighted by Crippen LogP contribution is 2.32. The highest BCUT2D eigenvalue weighted by molar-refractivity contribution is 7.10. The van der Waals surface area contributed by atoms with Crippen LogP contribution in [0.1, 0.15) is 23.4 Å². The highest BCUT2D eigenvalue weighted by Gasteiger charge is 2.26. The summed E-state index contributed by atoms with van der Waals surface area (Å²) in [6.07, 6.45) is 0.901. The maximum atomic E-state index is 13.6. The number of nitrogens with one attached hydrogen (secondary N) is 1. The van der Waals surface area contributed by atoms with Gasteiger partial charge in [-0.15, -0.1) is 11.3 Å². The second-order valence-electron chi connectivity index (χ2n) is 5.34. The summed E-state index contributed by atoms with van der Waals surface area (Å²) in [5, 5.41) is 4.39. The van der Waals surface area contributed by atoms with Gasteiger partial charge in [-0.3, -0.25) is 9.69 Å². The Morgan fingerprint density at radius 2 is 2.09 bits per heavy atom. The topological polar surface area (TPSA) is 32.3 Å². The standard InChI is InChI=1S/C16H16F2N2OS/c1-10-11-6-8-22-14(11)5-7-20(10)9-15(21)19-16-12(17)3-2-4-13(16)18/h2-4,6,8,10H,5,7,9H2,1H3,(H,19,21)/t10-/m1/s1. The number of hydrogen-bond donors (Lipinski definition) is 1. The van der Waals surface area contributed by atoms with Crippen molar-refractivity contribution in [2.45, 2.75) is 19.4 Å². The summed E-state index contributed by atoms with van der Waals surface area (Å²) in [6.45, 7) is 2.92. The van der Waals surface area contributed by atoms with Crippen molar-refractivity contribution in [2.75, 3.05) is 18.4 Å². The second kappa shape index (κ2) is 6.14. The average Bonchev–Trinajstić information content (AvgIpc) is 2.95. The SMILES string of the molecule is C[C@@H]1c2ccsc2CCN1CC(=O)Nc1c(F)cccc1F. The zero-order valence-electron chi connectivity index (χ0n) is 12.1. The number of benzene rings is 1.